The van der Waals surface area contributed by atoms with Gasteiger partial charge in [-0.2, -0.15) is 0 Å². The summed E-state index contributed by atoms with van der Waals surface area (Å²) >= 11 is 0. The molecule has 3 nitrogen and oxygen atoms in total. The smallest absolute Gasteiger partial charge is 0.128 e. The quantitative estimate of drug-likeness (QED) is 0.881. The summed E-state index contributed by atoms with van der Waals surface area (Å²) in [4.78, 5) is 6.98. The highest BCUT2D eigenvalue weighted by atomic mass is 15.2. The molecule has 1 aromatic heterocycles. The van der Waals surface area contributed by atoms with E-state index in [1.165, 1.54) is 43.5 Å². The van der Waals surface area contributed by atoms with E-state index < -0.39 is 0 Å². The Bertz CT molecular complexity index is 392. The zero-order chi connectivity index (χ0) is 12.4. The Kier molecular flexibility index (Phi) is 3.50. The van der Waals surface area contributed by atoms with Crippen molar-refractivity contribution >= 4 is 5.82 Å². The lowest BCUT2D eigenvalue weighted by atomic mass is 10.0. The molecule has 0 atom stereocenters. The Labute approximate surface area is 110 Å². The summed E-state index contributed by atoms with van der Waals surface area (Å²) in [6, 6.07) is 5.18. The summed E-state index contributed by atoms with van der Waals surface area (Å²) in [6.45, 7) is 2.26. The van der Waals surface area contributed by atoms with Crippen LogP contribution in [0.25, 0.3) is 0 Å². The molecular weight excluding hydrogens is 222 g/mol. The molecule has 0 amide bonds. The van der Waals surface area contributed by atoms with E-state index in [1.54, 1.807) is 0 Å². The number of aromatic nitrogens is 1. The zero-order valence-corrected chi connectivity index (χ0v) is 11.2. The number of anilines is 1. The van der Waals surface area contributed by atoms with Crippen molar-refractivity contribution in [1.82, 2.24) is 10.3 Å². The van der Waals surface area contributed by atoms with Crippen LogP contribution in [0.15, 0.2) is 18.3 Å². The lowest BCUT2D eigenvalue weighted by Gasteiger charge is -2.32. The summed E-state index contributed by atoms with van der Waals surface area (Å²) < 4.78 is 0. The van der Waals surface area contributed by atoms with Gasteiger partial charge in [0.2, 0.25) is 0 Å². The monoisotopic (exact) mass is 245 g/mol. The molecule has 3 rings (SSSR count). The van der Waals surface area contributed by atoms with E-state index in [1.807, 2.05) is 6.20 Å². The molecule has 0 radical (unpaired) electrons. The summed E-state index contributed by atoms with van der Waals surface area (Å²) in [5.41, 5.74) is 1.47. The fraction of sp³-hybridized carbons (Fsp3) is 0.667. The maximum atomic E-state index is 4.55. The number of hydrogen-bond acceptors (Lipinski definition) is 3. The van der Waals surface area contributed by atoms with Crippen LogP contribution in [0, 0.1) is 5.92 Å². The molecule has 1 aromatic rings. The van der Waals surface area contributed by atoms with Crippen LogP contribution in [0.5, 0.6) is 0 Å². The van der Waals surface area contributed by atoms with E-state index in [-0.39, 0.29) is 0 Å². The van der Waals surface area contributed by atoms with Gasteiger partial charge in [0.25, 0.3) is 0 Å². The average Bonchev–Trinajstić information content (AvgIpc) is 3.23. The van der Waals surface area contributed by atoms with Gasteiger partial charge in [0, 0.05) is 25.3 Å². The van der Waals surface area contributed by atoms with Crippen molar-refractivity contribution in [3.63, 3.8) is 0 Å². The molecule has 1 aliphatic carbocycles. The van der Waals surface area contributed by atoms with E-state index in [9.17, 15) is 0 Å². The van der Waals surface area contributed by atoms with Crippen molar-refractivity contribution in [3.05, 3.63) is 23.9 Å². The topological polar surface area (TPSA) is 28.2 Å². The van der Waals surface area contributed by atoms with Crippen molar-refractivity contribution in [2.45, 2.75) is 38.1 Å². The van der Waals surface area contributed by atoms with E-state index in [4.69, 9.17) is 0 Å². The molecule has 0 unspecified atom stereocenters. The van der Waals surface area contributed by atoms with Crippen LogP contribution < -0.4 is 10.2 Å². The molecule has 2 aliphatic rings. The van der Waals surface area contributed by atoms with Gasteiger partial charge in [0.05, 0.1) is 0 Å². The lowest BCUT2D eigenvalue weighted by Crippen LogP contribution is -2.41. The van der Waals surface area contributed by atoms with Crippen molar-refractivity contribution < 1.29 is 0 Å². The van der Waals surface area contributed by atoms with Gasteiger partial charge < -0.3 is 10.2 Å². The molecule has 1 saturated carbocycles. The van der Waals surface area contributed by atoms with Gasteiger partial charge in [0.15, 0.2) is 0 Å². The highest BCUT2D eigenvalue weighted by Gasteiger charge is 2.22. The maximum absolute atomic E-state index is 4.55. The number of nitrogens with one attached hydrogen (secondary N) is 1. The second-order valence-electron chi connectivity index (χ2n) is 5.72. The third-order valence-electron chi connectivity index (χ3n) is 4.26. The molecule has 18 heavy (non-hydrogen) atoms. The van der Waals surface area contributed by atoms with Crippen molar-refractivity contribution in [1.29, 1.82) is 0 Å². The highest BCUT2D eigenvalue weighted by molar-refractivity contribution is 5.41. The molecule has 98 valence electrons. The van der Waals surface area contributed by atoms with Crippen LogP contribution >= 0.6 is 0 Å². The van der Waals surface area contributed by atoms with Crippen LogP contribution in [-0.4, -0.2) is 31.2 Å². The molecule has 1 saturated heterocycles. The molecule has 0 bridgehead atoms. The molecule has 1 N–H and O–H groups in total. The molecule has 1 aliphatic heterocycles. The summed E-state index contributed by atoms with van der Waals surface area (Å²) in [7, 11) is 2.06. The Morgan fingerprint density at radius 2 is 2.06 bits per heavy atom. The minimum atomic E-state index is 0.691. The van der Waals surface area contributed by atoms with E-state index in [0.717, 1.165) is 19.0 Å². The molecule has 2 heterocycles. The van der Waals surface area contributed by atoms with Gasteiger partial charge in [-0.3, -0.25) is 0 Å². The summed E-state index contributed by atoms with van der Waals surface area (Å²) in [6.07, 6.45) is 8.53. The zero-order valence-electron chi connectivity index (χ0n) is 11.2. The third kappa shape index (κ3) is 2.83. The Balaban J connectivity index is 1.64. The molecule has 0 aromatic carbocycles. The van der Waals surface area contributed by atoms with Crippen molar-refractivity contribution in [2.24, 2.45) is 5.92 Å². The fourth-order valence-electron chi connectivity index (χ4n) is 2.81. The number of hydrogen-bond donors (Lipinski definition) is 1. The third-order valence-corrected chi connectivity index (χ3v) is 4.26. The van der Waals surface area contributed by atoms with E-state index in [0.29, 0.717) is 6.04 Å². The molecule has 3 heteroatoms. The number of piperidine rings is 1. The average molecular weight is 245 g/mol. The lowest BCUT2D eigenvalue weighted by molar-refractivity contribution is 0.440. The largest absolute Gasteiger partial charge is 0.356 e. The Morgan fingerprint density at radius 1 is 1.28 bits per heavy atom. The van der Waals surface area contributed by atoms with Crippen LogP contribution in [0.2, 0.25) is 0 Å². The predicted molar refractivity (Wildman–Crippen MR) is 75.0 cm³/mol. The first kappa shape index (κ1) is 12.0. The van der Waals surface area contributed by atoms with Crippen LogP contribution in [0.3, 0.4) is 0 Å². The number of pyridine rings is 1. The van der Waals surface area contributed by atoms with Gasteiger partial charge >= 0.3 is 0 Å². The Hall–Kier alpha value is -1.09. The van der Waals surface area contributed by atoms with E-state index in [2.05, 4.69) is 34.4 Å². The second-order valence-corrected chi connectivity index (χ2v) is 5.72. The first-order chi connectivity index (χ1) is 8.85. The SMILES string of the molecule is CNC1CCN(c2cc(CC3CC3)ccn2)CC1. The number of nitrogens with zero attached hydrogens (tertiary/aromatic N) is 2. The highest BCUT2D eigenvalue weighted by Crippen LogP contribution is 2.33. The van der Waals surface area contributed by atoms with Gasteiger partial charge in [0.1, 0.15) is 5.82 Å². The summed E-state index contributed by atoms with van der Waals surface area (Å²) in [5.74, 6) is 2.14. The Morgan fingerprint density at radius 3 is 2.72 bits per heavy atom. The van der Waals surface area contributed by atoms with Crippen LogP contribution in [-0.2, 0) is 6.42 Å². The van der Waals surface area contributed by atoms with E-state index >= 15 is 0 Å². The van der Waals surface area contributed by atoms with Gasteiger partial charge in [-0.15, -0.1) is 0 Å². The molecule has 0 spiro atoms. The summed E-state index contributed by atoms with van der Waals surface area (Å²) in [5, 5.41) is 3.37. The standard InChI is InChI=1S/C15H23N3/c1-16-14-5-8-18(9-6-14)15-11-13(4-7-17-15)10-12-2-3-12/h4,7,11-12,14,16H,2-3,5-6,8-10H2,1H3. The van der Waals surface area contributed by atoms with Crippen molar-refractivity contribution in [2.75, 3.05) is 25.0 Å². The normalized spacial score (nSPS) is 21.3. The van der Waals surface area contributed by atoms with Gasteiger partial charge in [-0.25, -0.2) is 4.98 Å². The van der Waals surface area contributed by atoms with Crippen LogP contribution in [0.1, 0.15) is 31.2 Å². The first-order valence-electron chi connectivity index (χ1n) is 7.22. The fourth-order valence-corrected chi connectivity index (χ4v) is 2.81. The van der Waals surface area contributed by atoms with Crippen LogP contribution in [0.4, 0.5) is 5.82 Å². The number of rotatable bonds is 4. The second kappa shape index (κ2) is 5.27. The molecular formula is C15H23N3. The van der Waals surface area contributed by atoms with Gasteiger partial charge in [-0.05, 0) is 62.8 Å². The van der Waals surface area contributed by atoms with Crippen molar-refractivity contribution in [3.8, 4) is 0 Å². The predicted octanol–water partition coefficient (Wildman–Crippen LogP) is 2.22. The minimum absolute atomic E-state index is 0.691. The molecule has 2 fully saturated rings. The minimum Gasteiger partial charge on any atom is -0.356 e. The first-order valence-corrected chi connectivity index (χ1v) is 7.22. The maximum Gasteiger partial charge on any atom is 0.128 e. The van der Waals surface area contributed by atoms with Gasteiger partial charge in [-0.1, -0.05) is 0 Å².